The van der Waals surface area contributed by atoms with Crippen molar-refractivity contribution in [3.63, 3.8) is 0 Å². The second-order valence-corrected chi connectivity index (χ2v) is 6.37. The summed E-state index contributed by atoms with van der Waals surface area (Å²) in [6.45, 7) is 0.521. The third-order valence-electron chi connectivity index (χ3n) is 4.66. The molecule has 134 valence electrons. The highest BCUT2D eigenvalue weighted by molar-refractivity contribution is 5.85. The number of aromatic nitrogens is 2. The highest BCUT2D eigenvalue weighted by atomic mass is 35.5. The van der Waals surface area contributed by atoms with Crippen LogP contribution in [0.2, 0.25) is 0 Å². The Morgan fingerprint density at radius 1 is 1.28 bits per heavy atom. The normalized spacial score (nSPS) is 21.5. The number of carbonyl (C=O) groups is 1. The number of hydrogen-bond donors (Lipinski definition) is 1. The molecule has 0 bridgehead atoms. The first-order valence-electron chi connectivity index (χ1n) is 8.05. The summed E-state index contributed by atoms with van der Waals surface area (Å²) in [6.07, 6.45) is 2.01. The van der Waals surface area contributed by atoms with Crippen LogP contribution in [0, 0.1) is 0 Å². The third-order valence-corrected chi connectivity index (χ3v) is 4.66. The Labute approximate surface area is 150 Å². The Kier molecular flexibility index (Phi) is 4.79. The van der Waals surface area contributed by atoms with E-state index in [1.807, 2.05) is 35.0 Å². The number of halogens is 3. The topological polar surface area (TPSA) is 50.2 Å². The lowest BCUT2D eigenvalue weighted by Gasteiger charge is -2.29. The van der Waals surface area contributed by atoms with Gasteiger partial charge in [-0.25, -0.2) is 13.5 Å². The quantitative estimate of drug-likeness (QED) is 0.884. The Hall–Kier alpha value is -1.99. The van der Waals surface area contributed by atoms with Gasteiger partial charge in [-0.3, -0.25) is 10.1 Å². The van der Waals surface area contributed by atoms with Crippen LogP contribution in [0.25, 0.3) is 5.69 Å². The lowest BCUT2D eigenvalue weighted by Crippen LogP contribution is -2.45. The number of amides is 1. The minimum atomic E-state index is -2.79. The molecule has 0 aliphatic carbocycles. The molecule has 0 spiro atoms. The smallest absolute Gasteiger partial charge is 0.262 e. The van der Waals surface area contributed by atoms with Gasteiger partial charge >= 0.3 is 0 Å². The largest absolute Gasteiger partial charge is 0.336 e. The molecule has 4 rings (SSSR count). The molecular weight excluding hydrogens is 350 g/mol. The van der Waals surface area contributed by atoms with Crippen molar-refractivity contribution < 1.29 is 13.6 Å². The Morgan fingerprint density at radius 2 is 2.04 bits per heavy atom. The van der Waals surface area contributed by atoms with Crippen LogP contribution in [0.3, 0.4) is 0 Å². The van der Waals surface area contributed by atoms with E-state index in [1.165, 1.54) is 0 Å². The molecule has 0 radical (unpaired) electrons. The van der Waals surface area contributed by atoms with Gasteiger partial charge in [0.15, 0.2) is 0 Å². The van der Waals surface area contributed by atoms with Gasteiger partial charge < -0.3 is 4.90 Å². The maximum Gasteiger partial charge on any atom is 0.262 e. The second kappa shape index (κ2) is 6.72. The maximum absolute atomic E-state index is 13.3. The minimum absolute atomic E-state index is 0. The molecular formula is C17H19ClF2N4O. The van der Waals surface area contributed by atoms with E-state index in [4.69, 9.17) is 0 Å². The van der Waals surface area contributed by atoms with E-state index in [9.17, 15) is 13.6 Å². The van der Waals surface area contributed by atoms with Crippen LogP contribution in [0.1, 0.15) is 17.7 Å². The fourth-order valence-electron chi connectivity index (χ4n) is 3.42. The van der Waals surface area contributed by atoms with Gasteiger partial charge in [0.1, 0.15) is 0 Å². The number of alkyl halides is 2. The molecule has 1 aromatic carbocycles. The minimum Gasteiger partial charge on any atom is -0.336 e. The zero-order valence-corrected chi connectivity index (χ0v) is 14.3. The summed E-state index contributed by atoms with van der Waals surface area (Å²) >= 11 is 0. The number of benzene rings is 1. The number of nitrogens with one attached hydrogen (secondary N) is 1. The van der Waals surface area contributed by atoms with Gasteiger partial charge in [0, 0.05) is 31.5 Å². The molecule has 1 N–H and O–H groups in total. The van der Waals surface area contributed by atoms with E-state index >= 15 is 0 Å². The molecule has 2 aromatic rings. The number of fused-ring (bicyclic) bond motifs is 1. The Balaban J connectivity index is 0.00000182. The molecule has 1 fully saturated rings. The third kappa shape index (κ3) is 3.39. The zero-order chi connectivity index (χ0) is 16.7. The number of rotatable bonds is 2. The van der Waals surface area contributed by atoms with Crippen LogP contribution in [0.4, 0.5) is 8.78 Å². The Bertz CT molecular complexity index is 765. The first-order valence-corrected chi connectivity index (χ1v) is 8.05. The van der Waals surface area contributed by atoms with Gasteiger partial charge in [-0.15, -0.1) is 12.4 Å². The summed E-state index contributed by atoms with van der Waals surface area (Å²) in [4.78, 5) is 14.1. The van der Waals surface area contributed by atoms with E-state index in [2.05, 4.69) is 10.4 Å². The molecule has 5 nitrogen and oxygen atoms in total. The van der Waals surface area contributed by atoms with Crippen molar-refractivity contribution in [3.05, 3.63) is 47.8 Å². The molecule has 3 heterocycles. The monoisotopic (exact) mass is 368 g/mol. The van der Waals surface area contributed by atoms with E-state index < -0.39 is 24.9 Å². The summed E-state index contributed by atoms with van der Waals surface area (Å²) in [5.41, 5.74) is 3.04. The van der Waals surface area contributed by atoms with E-state index in [0.29, 0.717) is 19.5 Å². The number of carbonyl (C=O) groups excluding carboxylic acids is 1. The molecule has 2 aliphatic rings. The van der Waals surface area contributed by atoms with Crippen LogP contribution in [0.5, 0.6) is 0 Å². The van der Waals surface area contributed by atoms with Crippen molar-refractivity contribution in [2.45, 2.75) is 31.4 Å². The van der Waals surface area contributed by atoms with Crippen molar-refractivity contribution in [2.24, 2.45) is 0 Å². The summed E-state index contributed by atoms with van der Waals surface area (Å²) in [6, 6.07) is 9.03. The first-order chi connectivity index (χ1) is 11.5. The maximum atomic E-state index is 13.3. The molecule has 1 aromatic heterocycles. The molecule has 25 heavy (non-hydrogen) atoms. The van der Waals surface area contributed by atoms with E-state index in [1.54, 1.807) is 11.1 Å². The Morgan fingerprint density at radius 3 is 2.72 bits per heavy atom. The van der Waals surface area contributed by atoms with Crippen LogP contribution >= 0.6 is 12.4 Å². The van der Waals surface area contributed by atoms with Crippen molar-refractivity contribution in [2.75, 3.05) is 13.1 Å². The van der Waals surface area contributed by atoms with Gasteiger partial charge in [0.05, 0.1) is 30.2 Å². The zero-order valence-electron chi connectivity index (χ0n) is 13.5. The molecule has 1 unspecified atom stereocenters. The van der Waals surface area contributed by atoms with Gasteiger partial charge in [0.25, 0.3) is 5.92 Å². The van der Waals surface area contributed by atoms with Crippen molar-refractivity contribution >= 4 is 18.3 Å². The summed E-state index contributed by atoms with van der Waals surface area (Å²) in [7, 11) is 0. The van der Waals surface area contributed by atoms with E-state index in [-0.39, 0.29) is 18.3 Å². The predicted molar refractivity (Wildman–Crippen MR) is 91.3 cm³/mol. The van der Waals surface area contributed by atoms with Gasteiger partial charge in [-0.05, 0) is 12.1 Å². The van der Waals surface area contributed by atoms with Gasteiger partial charge in [0.2, 0.25) is 5.91 Å². The molecule has 2 aliphatic heterocycles. The lowest BCUT2D eigenvalue weighted by atomic mass is 10.1. The average molecular weight is 369 g/mol. The van der Waals surface area contributed by atoms with Crippen LogP contribution in [-0.4, -0.2) is 45.6 Å². The fourth-order valence-corrected chi connectivity index (χ4v) is 3.42. The lowest BCUT2D eigenvalue weighted by molar-refractivity contribution is -0.134. The molecule has 1 amide bonds. The van der Waals surface area contributed by atoms with Crippen LogP contribution < -0.4 is 5.32 Å². The standard InChI is InChI=1S/C17H18F2N4O.ClH/c18-17(19)8-14(20-11-17)16(24)22-7-6-15-12(10-22)9-21-23(15)13-4-2-1-3-5-13;/h1-5,9,14,20H,6-8,10-11H2;1H. The summed E-state index contributed by atoms with van der Waals surface area (Å²) in [5.74, 6) is -3.04. The molecule has 1 atom stereocenters. The van der Waals surface area contributed by atoms with Gasteiger partial charge in [-0.1, -0.05) is 18.2 Å². The van der Waals surface area contributed by atoms with E-state index in [0.717, 1.165) is 16.9 Å². The second-order valence-electron chi connectivity index (χ2n) is 6.37. The average Bonchev–Trinajstić information content (AvgIpc) is 3.17. The van der Waals surface area contributed by atoms with Crippen molar-refractivity contribution in [1.82, 2.24) is 20.0 Å². The summed E-state index contributed by atoms with van der Waals surface area (Å²) < 4.78 is 28.5. The summed E-state index contributed by atoms with van der Waals surface area (Å²) in [5, 5.41) is 7.06. The van der Waals surface area contributed by atoms with Crippen molar-refractivity contribution in [3.8, 4) is 5.69 Å². The van der Waals surface area contributed by atoms with Crippen LogP contribution in [-0.2, 0) is 17.8 Å². The predicted octanol–water partition coefficient (Wildman–Crippen LogP) is 2.18. The molecule has 8 heteroatoms. The number of para-hydroxylation sites is 1. The SMILES string of the molecule is Cl.O=C(C1CC(F)(F)CN1)N1CCc2c(cnn2-c2ccccc2)C1. The first kappa shape index (κ1) is 17.8. The highest BCUT2D eigenvalue weighted by Crippen LogP contribution is 2.28. The van der Waals surface area contributed by atoms with Crippen LogP contribution in [0.15, 0.2) is 36.5 Å². The number of hydrogen-bond acceptors (Lipinski definition) is 3. The highest BCUT2D eigenvalue weighted by Gasteiger charge is 2.44. The number of nitrogens with zero attached hydrogens (tertiary/aromatic N) is 3. The fraction of sp³-hybridized carbons (Fsp3) is 0.412. The van der Waals surface area contributed by atoms with Crippen molar-refractivity contribution in [1.29, 1.82) is 0 Å². The molecule has 0 saturated carbocycles. The van der Waals surface area contributed by atoms with Gasteiger partial charge in [-0.2, -0.15) is 5.10 Å². The molecule has 1 saturated heterocycles.